The number of rotatable bonds is 7. The second kappa shape index (κ2) is 9.19. The van der Waals surface area contributed by atoms with E-state index in [9.17, 15) is 14.7 Å². The van der Waals surface area contributed by atoms with E-state index in [0.717, 1.165) is 0 Å². The second-order valence-corrected chi connectivity index (χ2v) is 7.30. The third-order valence-electron chi connectivity index (χ3n) is 4.57. The lowest BCUT2D eigenvalue weighted by atomic mass is 10.0. The van der Waals surface area contributed by atoms with Gasteiger partial charge >= 0.3 is 5.63 Å². The minimum atomic E-state index is -0.675. The number of ether oxygens (including phenoxy) is 2. The normalized spacial score (nSPS) is 11.9. The van der Waals surface area contributed by atoms with E-state index in [1.165, 1.54) is 6.07 Å². The van der Waals surface area contributed by atoms with Crippen LogP contribution in [-0.2, 0) is 11.2 Å². The molecule has 30 heavy (non-hydrogen) atoms. The van der Waals surface area contributed by atoms with Crippen molar-refractivity contribution in [3.05, 3.63) is 63.0 Å². The molecule has 0 bridgehead atoms. The SMILES string of the molecule is COc1ccc(NC(=O)COc2cc3oc(=O)c(CC(C)O)c(C)c3cc2Cl)cc1. The molecule has 7 nitrogen and oxygen atoms in total. The fourth-order valence-corrected chi connectivity index (χ4v) is 3.26. The number of aliphatic hydroxyl groups is 1. The number of aliphatic hydroxyl groups excluding tert-OH is 1. The minimum Gasteiger partial charge on any atom is -0.497 e. The number of carbonyl (C=O) groups excluding carboxylic acids is 1. The number of hydrogen-bond donors (Lipinski definition) is 2. The van der Waals surface area contributed by atoms with Gasteiger partial charge in [-0.15, -0.1) is 0 Å². The summed E-state index contributed by atoms with van der Waals surface area (Å²) in [5.74, 6) is 0.529. The van der Waals surface area contributed by atoms with E-state index < -0.39 is 11.7 Å². The molecule has 1 atom stereocenters. The number of halogens is 1. The maximum absolute atomic E-state index is 12.3. The molecule has 0 saturated heterocycles. The Kier molecular flexibility index (Phi) is 6.64. The van der Waals surface area contributed by atoms with Crippen LogP contribution < -0.4 is 20.4 Å². The molecular formula is C22H22ClNO6. The van der Waals surface area contributed by atoms with Crippen LogP contribution in [-0.4, -0.2) is 30.8 Å². The number of amides is 1. The highest BCUT2D eigenvalue weighted by atomic mass is 35.5. The lowest BCUT2D eigenvalue weighted by Crippen LogP contribution is -2.20. The van der Waals surface area contributed by atoms with E-state index in [2.05, 4.69) is 5.32 Å². The monoisotopic (exact) mass is 431 g/mol. The molecule has 0 aliphatic rings. The molecule has 0 radical (unpaired) electrons. The number of hydrogen-bond acceptors (Lipinski definition) is 6. The van der Waals surface area contributed by atoms with Crippen molar-refractivity contribution in [1.29, 1.82) is 0 Å². The second-order valence-electron chi connectivity index (χ2n) is 6.89. The largest absolute Gasteiger partial charge is 0.497 e. The number of fused-ring (bicyclic) bond motifs is 1. The molecule has 0 spiro atoms. The van der Waals surface area contributed by atoms with Crippen molar-refractivity contribution in [2.24, 2.45) is 0 Å². The fraction of sp³-hybridized carbons (Fsp3) is 0.273. The highest BCUT2D eigenvalue weighted by Crippen LogP contribution is 2.32. The van der Waals surface area contributed by atoms with Crippen molar-refractivity contribution in [3.63, 3.8) is 0 Å². The van der Waals surface area contributed by atoms with Crippen molar-refractivity contribution in [1.82, 2.24) is 0 Å². The molecule has 158 valence electrons. The van der Waals surface area contributed by atoms with Gasteiger partial charge in [0.15, 0.2) is 6.61 Å². The van der Waals surface area contributed by atoms with Crippen LogP contribution in [0.3, 0.4) is 0 Å². The van der Waals surface area contributed by atoms with Gasteiger partial charge in [0.1, 0.15) is 17.1 Å². The van der Waals surface area contributed by atoms with E-state index >= 15 is 0 Å². The van der Waals surface area contributed by atoms with Crippen LogP contribution in [0.2, 0.25) is 5.02 Å². The van der Waals surface area contributed by atoms with Crippen LogP contribution in [0.25, 0.3) is 11.0 Å². The third kappa shape index (κ3) is 4.93. The summed E-state index contributed by atoms with van der Waals surface area (Å²) in [5.41, 5.74) is 1.46. The molecule has 0 saturated carbocycles. The standard InChI is InChI=1S/C22H22ClNO6/c1-12(25)8-17-13(2)16-9-18(23)20(10-19(16)30-22(17)27)29-11-21(26)24-14-4-6-15(28-3)7-5-14/h4-7,9-10,12,25H,8,11H2,1-3H3,(H,24,26). The van der Waals surface area contributed by atoms with Crippen LogP contribution in [0, 0.1) is 6.92 Å². The van der Waals surface area contributed by atoms with Crippen molar-refractivity contribution >= 4 is 34.2 Å². The molecule has 3 aromatic rings. The molecule has 3 rings (SSSR count). The molecule has 1 aromatic heterocycles. The van der Waals surface area contributed by atoms with Crippen molar-refractivity contribution in [2.75, 3.05) is 19.0 Å². The average molecular weight is 432 g/mol. The summed E-state index contributed by atoms with van der Waals surface area (Å²) in [6.07, 6.45) is -0.489. The van der Waals surface area contributed by atoms with Gasteiger partial charge in [-0.25, -0.2) is 4.79 Å². The van der Waals surface area contributed by atoms with E-state index in [-0.39, 0.29) is 29.7 Å². The summed E-state index contributed by atoms with van der Waals surface area (Å²) in [7, 11) is 1.56. The van der Waals surface area contributed by atoms with Crippen molar-refractivity contribution in [3.8, 4) is 11.5 Å². The first-order valence-electron chi connectivity index (χ1n) is 9.29. The van der Waals surface area contributed by atoms with Crippen LogP contribution >= 0.6 is 11.6 Å². The highest BCUT2D eigenvalue weighted by molar-refractivity contribution is 6.32. The van der Waals surface area contributed by atoms with Gasteiger partial charge < -0.3 is 24.3 Å². The molecule has 2 N–H and O–H groups in total. The Hall–Kier alpha value is -3.03. The lowest BCUT2D eigenvalue weighted by molar-refractivity contribution is -0.118. The summed E-state index contributed by atoms with van der Waals surface area (Å²) < 4.78 is 16.0. The summed E-state index contributed by atoms with van der Waals surface area (Å²) in [6.45, 7) is 3.10. The Morgan fingerprint density at radius 3 is 2.60 bits per heavy atom. The van der Waals surface area contributed by atoms with Gasteiger partial charge in [-0.1, -0.05) is 11.6 Å². The predicted molar refractivity (Wildman–Crippen MR) is 115 cm³/mol. The van der Waals surface area contributed by atoms with E-state index in [0.29, 0.717) is 33.5 Å². The van der Waals surface area contributed by atoms with Crippen molar-refractivity contribution in [2.45, 2.75) is 26.4 Å². The average Bonchev–Trinajstić information content (AvgIpc) is 2.71. The van der Waals surface area contributed by atoms with Gasteiger partial charge in [-0.2, -0.15) is 0 Å². The summed E-state index contributed by atoms with van der Waals surface area (Å²) in [4.78, 5) is 24.4. The maximum atomic E-state index is 12.3. The van der Waals surface area contributed by atoms with Crippen LogP contribution in [0.4, 0.5) is 5.69 Å². The molecule has 0 fully saturated rings. The number of aryl methyl sites for hydroxylation is 1. The molecule has 0 aliphatic carbocycles. The Balaban J connectivity index is 1.76. The van der Waals surface area contributed by atoms with Gasteiger partial charge in [0.05, 0.1) is 18.2 Å². The molecule has 1 unspecified atom stereocenters. The van der Waals surface area contributed by atoms with Crippen LogP contribution in [0.1, 0.15) is 18.1 Å². The van der Waals surface area contributed by atoms with Crippen LogP contribution in [0.15, 0.2) is 45.6 Å². The molecule has 0 aliphatic heterocycles. The van der Waals surface area contributed by atoms with E-state index in [4.69, 9.17) is 25.5 Å². The highest BCUT2D eigenvalue weighted by Gasteiger charge is 2.16. The summed E-state index contributed by atoms with van der Waals surface area (Å²) in [5, 5.41) is 13.2. The molecular weight excluding hydrogens is 410 g/mol. The maximum Gasteiger partial charge on any atom is 0.339 e. The first-order valence-corrected chi connectivity index (χ1v) is 9.67. The number of carbonyl (C=O) groups is 1. The topological polar surface area (TPSA) is 98.0 Å². The van der Waals surface area contributed by atoms with Crippen molar-refractivity contribution < 1.29 is 23.8 Å². The third-order valence-corrected chi connectivity index (χ3v) is 4.87. The lowest BCUT2D eigenvalue weighted by Gasteiger charge is -2.12. The Labute approximate surface area is 178 Å². The number of methoxy groups -OCH3 is 1. The molecule has 1 amide bonds. The first-order chi connectivity index (χ1) is 14.3. The summed E-state index contributed by atoms with van der Waals surface area (Å²) in [6, 6.07) is 9.99. The zero-order valence-corrected chi connectivity index (χ0v) is 17.6. The molecule has 1 heterocycles. The zero-order chi connectivity index (χ0) is 21.8. The quantitative estimate of drug-likeness (QED) is 0.553. The van der Waals surface area contributed by atoms with Gasteiger partial charge in [-0.05, 0) is 49.7 Å². The number of nitrogens with one attached hydrogen (secondary N) is 1. The van der Waals surface area contributed by atoms with Gasteiger partial charge in [0.2, 0.25) is 0 Å². The smallest absolute Gasteiger partial charge is 0.339 e. The predicted octanol–water partition coefficient (Wildman–Crippen LogP) is 3.70. The molecule has 8 heteroatoms. The fourth-order valence-electron chi connectivity index (χ4n) is 3.05. The van der Waals surface area contributed by atoms with E-state index in [1.807, 2.05) is 0 Å². The van der Waals surface area contributed by atoms with E-state index in [1.54, 1.807) is 51.3 Å². The van der Waals surface area contributed by atoms with Gasteiger partial charge in [0.25, 0.3) is 5.91 Å². The minimum absolute atomic E-state index is 0.186. The first kappa shape index (κ1) is 21.7. The Morgan fingerprint density at radius 1 is 1.27 bits per heavy atom. The number of benzene rings is 2. The Morgan fingerprint density at radius 2 is 1.97 bits per heavy atom. The zero-order valence-electron chi connectivity index (χ0n) is 16.8. The van der Waals surface area contributed by atoms with Gasteiger partial charge in [0, 0.05) is 29.1 Å². The summed E-state index contributed by atoms with van der Waals surface area (Å²) >= 11 is 6.31. The molecule has 2 aromatic carbocycles. The van der Waals surface area contributed by atoms with Gasteiger partial charge in [-0.3, -0.25) is 4.79 Å². The number of anilines is 1. The van der Waals surface area contributed by atoms with Crippen LogP contribution in [0.5, 0.6) is 11.5 Å². The Bertz CT molecular complexity index is 1120.